The fourth-order valence-corrected chi connectivity index (χ4v) is 2.47. The number of nitrogens with one attached hydrogen (secondary N) is 1. The number of nitrogens with two attached hydrogens (primary N) is 1. The molecule has 5 nitrogen and oxygen atoms in total. The van der Waals surface area contributed by atoms with Crippen molar-refractivity contribution in [1.82, 2.24) is 0 Å². The van der Waals surface area contributed by atoms with Crippen LogP contribution in [0.15, 0.2) is 30.3 Å². The monoisotopic (exact) mass is 304 g/mol. The van der Waals surface area contributed by atoms with E-state index in [1.165, 1.54) is 0 Å². The minimum atomic E-state index is -0.275. The molecule has 0 saturated carbocycles. The number of amides is 1. The number of carbonyl (C=O) groups excluding carboxylic acids is 1. The molecule has 0 bridgehead atoms. The summed E-state index contributed by atoms with van der Waals surface area (Å²) in [5.41, 5.74) is 8.07. The van der Waals surface area contributed by atoms with Crippen molar-refractivity contribution >= 4 is 28.9 Å². The van der Waals surface area contributed by atoms with Gasteiger partial charge in [0, 0.05) is 11.3 Å². The maximum absolute atomic E-state index is 12.3. The topological polar surface area (TPSA) is 73.6 Å². The summed E-state index contributed by atoms with van der Waals surface area (Å²) >= 11 is 6.12. The highest BCUT2D eigenvalue weighted by Crippen LogP contribution is 2.33. The number of aryl methyl sites for hydroxylation is 1. The first-order chi connectivity index (χ1) is 10.0. The van der Waals surface area contributed by atoms with E-state index in [0.29, 0.717) is 33.5 Å². The number of benzene rings is 2. The van der Waals surface area contributed by atoms with Gasteiger partial charge < -0.3 is 20.5 Å². The zero-order valence-electron chi connectivity index (χ0n) is 11.3. The first-order valence-corrected chi connectivity index (χ1v) is 6.69. The molecule has 0 saturated heterocycles. The van der Waals surface area contributed by atoms with E-state index in [-0.39, 0.29) is 12.7 Å². The Labute approximate surface area is 126 Å². The van der Waals surface area contributed by atoms with Crippen molar-refractivity contribution < 1.29 is 14.3 Å². The van der Waals surface area contributed by atoms with Crippen LogP contribution in [0.2, 0.25) is 5.02 Å². The Balaban J connectivity index is 1.87. The SMILES string of the molecule is Cc1cc(N)cc(Cl)c1NC(=O)c1ccc2c(c1)OCO2. The van der Waals surface area contributed by atoms with Gasteiger partial charge in [0.1, 0.15) is 0 Å². The fourth-order valence-electron chi connectivity index (χ4n) is 2.15. The van der Waals surface area contributed by atoms with Crippen molar-refractivity contribution in [3.63, 3.8) is 0 Å². The van der Waals surface area contributed by atoms with Crippen LogP contribution >= 0.6 is 11.6 Å². The lowest BCUT2D eigenvalue weighted by atomic mass is 10.1. The zero-order valence-corrected chi connectivity index (χ0v) is 12.0. The highest BCUT2D eigenvalue weighted by molar-refractivity contribution is 6.34. The van der Waals surface area contributed by atoms with Crippen LogP contribution in [0.5, 0.6) is 11.5 Å². The summed E-state index contributed by atoms with van der Waals surface area (Å²) in [5, 5.41) is 3.19. The number of halogens is 1. The Morgan fingerprint density at radius 3 is 2.76 bits per heavy atom. The molecule has 0 atom stereocenters. The van der Waals surface area contributed by atoms with E-state index < -0.39 is 0 Å². The van der Waals surface area contributed by atoms with Crippen LogP contribution in [0.3, 0.4) is 0 Å². The van der Waals surface area contributed by atoms with E-state index in [1.54, 1.807) is 30.3 Å². The molecule has 1 heterocycles. The normalized spacial score (nSPS) is 12.3. The Hall–Kier alpha value is -2.40. The minimum Gasteiger partial charge on any atom is -0.454 e. The number of carbonyl (C=O) groups is 1. The van der Waals surface area contributed by atoms with Crippen molar-refractivity contribution in [2.75, 3.05) is 17.8 Å². The number of anilines is 2. The summed E-state index contributed by atoms with van der Waals surface area (Å²) in [6.45, 7) is 2.00. The van der Waals surface area contributed by atoms with Crippen molar-refractivity contribution in [3.05, 3.63) is 46.5 Å². The number of fused-ring (bicyclic) bond motifs is 1. The zero-order chi connectivity index (χ0) is 15.0. The van der Waals surface area contributed by atoms with Gasteiger partial charge in [0.15, 0.2) is 11.5 Å². The van der Waals surface area contributed by atoms with Crippen LogP contribution in [-0.4, -0.2) is 12.7 Å². The molecule has 0 spiro atoms. The lowest BCUT2D eigenvalue weighted by molar-refractivity contribution is 0.102. The van der Waals surface area contributed by atoms with Crippen LogP contribution in [0, 0.1) is 6.92 Å². The maximum atomic E-state index is 12.3. The smallest absolute Gasteiger partial charge is 0.255 e. The minimum absolute atomic E-state index is 0.170. The number of nitrogen functional groups attached to an aromatic ring is 1. The van der Waals surface area contributed by atoms with Gasteiger partial charge in [-0.05, 0) is 42.8 Å². The van der Waals surface area contributed by atoms with Crippen LogP contribution in [0.25, 0.3) is 0 Å². The highest BCUT2D eigenvalue weighted by Gasteiger charge is 2.17. The van der Waals surface area contributed by atoms with E-state index in [0.717, 1.165) is 5.56 Å². The third kappa shape index (κ3) is 2.60. The van der Waals surface area contributed by atoms with E-state index in [1.807, 2.05) is 6.92 Å². The molecule has 3 rings (SSSR count). The highest BCUT2D eigenvalue weighted by atomic mass is 35.5. The first-order valence-electron chi connectivity index (χ1n) is 6.31. The summed E-state index contributed by atoms with van der Waals surface area (Å²) in [4.78, 5) is 12.3. The summed E-state index contributed by atoms with van der Waals surface area (Å²) in [7, 11) is 0. The second-order valence-corrected chi connectivity index (χ2v) is 5.12. The standard InChI is InChI=1S/C15H13ClN2O3/c1-8-4-10(17)6-11(16)14(8)18-15(19)9-2-3-12-13(5-9)21-7-20-12/h2-6H,7,17H2,1H3,(H,18,19). The van der Waals surface area contributed by atoms with Crippen molar-refractivity contribution in [2.45, 2.75) is 6.92 Å². The molecule has 0 aromatic heterocycles. The van der Waals surface area contributed by atoms with Gasteiger partial charge in [-0.3, -0.25) is 4.79 Å². The Bertz CT molecular complexity index is 708. The molecule has 0 fully saturated rings. The van der Waals surface area contributed by atoms with Gasteiger partial charge in [-0.15, -0.1) is 0 Å². The van der Waals surface area contributed by atoms with Crippen LogP contribution in [-0.2, 0) is 0 Å². The van der Waals surface area contributed by atoms with Crippen molar-refractivity contribution in [1.29, 1.82) is 0 Å². The molecule has 2 aromatic rings. The van der Waals surface area contributed by atoms with Gasteiger partial charge in [0.25, 0.3) is 5.91 Å². The summed E-state index contributed by atoms with van der Waals surface area (Å²) in [6.07, 6.45) is 0. The summed E-state index contributed by atoms with van der Waals surface area (Å²) < 4.78 is 10.5. The molecule has 6 heteroatoms. The van der Waals surface area contributed by atoms with Gasteiger partial charge in [-0.1, -0.05) is 11.6 Å². The van der Waals surface area contributed by atoms with E-state index in [2.05, 4.69) is 5.32 Å². The lowest BCUT2D eigenvalue weighted by Gasteiger charge is -2.11. The molecule has 108 valence electrons. The number of rotatable bonds is 2. The number of hydrogen-bond donors (Lipinski definition) is 2. The predicted molar refractivity (Wildman–Crippen MR) is 81.1 cm³/mol. The number of ether oxygens (including phenoxy) is 2. The maximum Gasteiger partial charge on any atom is 0.255 e. The molecule has 1 amide bonds. The largest absolute Gasteiger partial charge is 0.454 e. The van der Waals surface area contributed by atoms with E-state index >= 15 is 0 Å². The van der Waals surface area contributed by atoms with Crippen molar-refractivity contribution in [3.8, 4) is 11.5 Å². The molecular weight excluding hydrogens is 292 g/mol. The van der Waals surface area contributed by atoms with Crippen LogP contribution < -0.4 is 20.5 Å². The second-order valence-electron chi connectivity index (χ2n) is 4.72. The predicted octanol–water partition coefficient (Wildman–Crippen LogP) is 3.21. The molecular formula is C15H13ClN2O3. The Morgan fingerprint density at radius 2 is 2.00 bits per heavy atom. The lowest BCUT2D eigenvalue weighted by Crippen LogP contribution is -2.13. The van der Waals surface area contributed by atoms with Gasteiger partial charge in [-0.25, -0.2) is 0 Å². The molecule has 0 aliphatic carbocycles. The van der Waals surface area contributed by atoms with Crippen LogP contribution in [0.4, 0.5) is 11.4 Å². The van der Waals surface area contributed by atoms with Gasteiger partial charge in [0.05, 0.1) is 10.7 Å². The van der Waals surface area contributed by atoms with Crippen molar-refractivity contribution in [2.24, 2.45) is 0 Å². The van der Waals surface area contributed by atoms with Crippen LogP contribution in [0.1, 0.15) is 15.9 Å². The Kier molecular flexibility index (Phi) is 3.35. The quantitative estimate of drug-likeness (QED) is 0.836. The third-order valence-corrected chi connectivity index (χ3v) is 3.48. The average Bonchev–Trinajstić information content (AvgIpc) is 2.89. The summed E-state index contributed by atoms with van der Waals surface area (Å²) in [5.74, 6) is 0.916. The Morgan fingerprint density at radius 1 is 1.24 bits per heavy atom. The third-order valence-electron chi connectivity index (χ3n) is 3.18. The van der Waals surface area contributed by atoms with E-state index in [4.69, 9.17) is 26.8 Å². The number of hydrogen-bond acceptors (Lipinski definition) is 4. The molecule has 1 aliphatic heterocycles. The molecule has 0 radical (unpaired) electrons. The van der Waals surface area contributed by atoms with E-state index in [9.17, 15) is 4.79 Å². The first kappa shape index (κ1) is 13.6. The second kappa shape index (κ2) is 5.18. The molecule has 3 N–H and O–H groups in total. The van der Waals surface area contributed by atoms with Gasteiger partial charge in [0.2, 0.25) is 6.79 Å². The average molecular weight is 305 g/mol. The molecule has 1 aliphatic rings. The van der Waals surface area contributed by atoms with Gasteiger partial charge in [-0.2, -0.15) is 0 Å². The molecule has 2 aromatic carbocycles. The summed E-state index contributed by atoms with van der Waals surface area (Å²) in [6, 6.07) is 8.36. The molecule has 21 heavy (non-hydrogen) atoms. The molecule has 0 unspecified atom stereocenters. The fraction of sp³-hybridized carbons (Fsp3) is 0.133. The van der Waals surface area contributed by atoms with Gasteiger partial charge >= 0.3 is 0 Å².